The summed E-state index contributed by atoms with van der Waals surface area (Å²) >= 11 is 0. The van der Waals surface area contributed by atoms with Crippen LogP contribution in [0.1, 0.15) is 12.5 Å². The highest BCUT2D eigenvalue weighted by molar-refractivity contribution is 5.87. The van der Waals surface area contributed by atoms with Gasteiger partial charge >= 0.3 is 6.18 Å². The minimum Gasteiger partial charge on any atom is -0.492 e. The first-order chi connectivity index (χ1) is 12.2. The maximum Gasteiger partial charge on any atom is 0.416 e. The third kappa shape index (κ3) is 5.10. The van der Waals surface area contributed by atoms with E-state index in [1.807, 2.05) is 4.90 Å². The van der Waals surface area contributed by atoms with Gasteiger partial charge in [-0.1, -0.05) is 6.07 Å². The van der Waals surface area contributed by atoms with Crippen molar-refractivity contribution in [1.29, 1.82) is 0 Å². The summed E-state index contributed by atoms with van der Waals surface area (Å²) in [6.45, 7) is 3.38. The Bertz CT molecular complexity index is 652. The van der Waals surface area contributed by atoms with Crippen molar-refractivity contribution >= 4 is 11.8 Å². The molecule has 1 fully saturated rings. The molecule has 0 radical (unpaired) electrons. The molecular weight excluding hydrogens is 351 g/mol. The lowest BCUT2D eigenvalue weighted by atomic mass is 10.1. The van der Waals surface area contributed by atoms with Crippen LogP contribution in [-0.4, -0.2) is 67.5 Å². The molecule has 1 heterocycles. The molecule has 144 valence electrons. The molecule has 1 aliphatic heterocycles. The summed E-state index contributed by atoms with van der Waals surface area (Å²) in [5.41, 5.74) is -0.759. The van der Waals surface area contributed by atoms with Gasteiger partial charge in [0.1, 0.15) is 18.4 Å². The van der Waals surface area contributed by atoms with Crippen LogP contribution in [0.25, 0.3) is 0 Å². The molecule has 0 aromatic heterocycles. The smallest absolute Gasteiger partial charge is 0.416 e. The summed E-state index contributed by atoms with van der Waals surface area (Å²) in [6, 6.07) is 4.13. The fourth-order valence-electron chi connectivity index (χ4n) is 2.87. The monoisotopic (exact) mass is 373 g/mol. The van der Waals surface area contributed by atoms with Crippen LogP contribution in [0.5, 0.6) is 5.75 Å². The van der Waals surface area contributed by atoms with Gasteiger partial charge in [-0.3, -0.25) is 14.5 Å². The summed E-state index contributed by atoms with van der Waals surface area (Å²) < 4.78 is 43.5. The fraction of sp³-hybridized carbons (Fsp3) is 0.529. The lowest BCUT2D eigenvalue weighted by Crippen LogP contribution is -2.60. The van der Waals surface area contributed by atoms with Crippen molar-refractivity contribution in [2.75, 3.05) is 39.8 Å². The Balaban J connectivity index is 1.90. The van der Waals surface area contributed by atoms with E-state index in [0.29, 0.717) is 26.2 Å². The number of likely N-dealkylation sites (N-methyl/N-ethyl adjacent to an activating group) is 1. The number of rotatable bonds is 5. The van der Waals surface area contributed by atoms with E-state index in [2.05, 4.69) is 5.32 Å². The average Bonchev–Trinajstić information content (AvgIpc) is 2.60. The number of halogens is 3. The number of hydrogen-bond donors (Lipinski definition) is 1. The van der Waals surface area contributed by atoms with Gasteiger partial charge in [0.05, 0.1) is 5.56 Å². The maximum absolute atomic E-state index is 12.7. The van der Waals surface area contributed by atoms with Crippen LogP contribution in [0, 0.1) is 0 Å². The second kappa shape index (κ2) is 8.39. The quantitative estimate of drug-likeness (QED) is 0.847. The number of nitrogens with zero attached hydrogens (tertiary/aromatic N) is 2. The molecule has 1 N–H and O–H groups in total. The van der Waals surface area contributed by atoms with E-state index in [1.165, 1.54) is 31.0 Å². The van der Waals surface area contributed by atoms with Gasteiger partial charge in [-0.25, -0.2) is 0 Å². The molecule has 1 aromatic carbocycles. The van der Waals surface area contributed by atoms with Gasteiger partial charge in [0, 0.05) is 40.2 Å². The third-order valence-corrected chi connectivity index (χ3v) is 4.26. The van der Waals surface area contributed by atoms with Crippen LogP contribution < -0.4 is 10.1 Å². The zero-order valence-electron chi connectivity index (χ0n) is 14.7. The Labute approximate surface area is 149 Å². The van der Waals surface area contributed by atoms with Gasteiger partial charge in [0.15, 0.2) is 0 Å². The van der Waals surface area contributed by atoms with Gasteiger partial charge in [0.2, 0.25) is 11.8 Å². The second-order valence-electron chi connectivity index (χ2n) is 6.02. The Hall–Kier alpha value is -2.29. The molecule has 6 nitrogen and oxygen atoms in total. The number of carbonyl (C=O) groups is 2. The molecule has 0 spiro atoms. The first-order valence-electron chi connectivity index (χ1n) is 8.23. The van der Waals surface area contributed by atoms with E-state index in [9.17, 15) is 22.8 Å². The molecule has 9 heteroatoms. The van der Waals surface area contributed by atoms with Crippen molar-refractivity contribution in [3.05, 3.63) is 29.8 Å². The van der Waals surface area contributed by atoms with E-state index in [-0.39, 0.29) is 24.2 Å². The zero-order valence-corrected chi connectivity index (χ0v) is 14.7. The SMILES string of the molecule is CNC(=O)C1CN(CCOc2cccc(C(F)(F)F)c2)CCN1C(C)=O. The second-order valence-corrected chi connectivity index (χ2v) is 6.02. The van der Waals surface area contributed by atoms with Crippen LogP contribution >= 0.6 is 0 Å². The highest BCUT2D eigenvalue weighted by atomic mass is 19.4. The Morgan fingerprint density at radius 3 is 2.65 bits per heavy atom. The van der Waals surface area contributed by atoms with Crippen LogP contribution in [0.4, 0.5) is 13.2 Å². The Kier molecular flexibility index (Phi) is 6.47. The summed E-state index contributed by atoms with van der Waals surface area (Å²) in [5.74, 6) is -0.271. The molecule has 1 aliphatic rings. The summed E-state index contributed by atoms with van der Waals surface area (Å²) in [4.78, 5) is 27.1. The van der Waals surface area contributed by atoms with Crippen molar-refractivity contribution in [2.45, 2.75) is 19.1 Å². The van der Waals surface area contributed by atoms with Gasteiger partial charge in [-0.2, -0.15) is 13.2 Å². The van der Waals surface area contributed by atoms with Crippen LogP contribution in [-0.2, 0) is 15.8 Å². The van der Waals surface area contributed by atoms with Crippen LogP contribution in [0.2, 0.25) is 0 Å². The number of benzene rings is 1. The third-order valence-electron chi connectivity index (χ3n) is 4.26. The number of hydrogen-bond acceptors (Lipinski definition) is 4. The number of piperazine rings is 1. The molecular formula is C17H22F3N3O3. The molecule has 1 aromatic rings. The maximum atomic E-state index is 12.7. The van der Waals surface area contributed by atoms with Crippen molar-refractivity contribution < 1.29 is 27.5 Å². The first-order valence-corrected chi connectivity index (χ1v) is 8.23. The first kappa shape index (κ1) is 20.0. The Morgan fingerprint density at radius 2 is 2.04 bits per heavy atom. The van der Waals surface area contributed by atoms with Crippen molar-refractivity contribution in [2.24, 2.45) is 0 Å². The minimum absolute atomic E-state index is 0.144. The number of alkyl halides is 3. The van der Waals surface area contributed by atoms with Crippen molar-refractivity contribution in [3.63, 3.8) is 0 Å². The molecule has 2 rings (SSSR count). The van der Waals surface area contributed by atoms with Gasteiger partial charge in [-0.05, 0) is 18.2 Å². The fourth-order valence-corrected chi connectivity index (χ4v) is 2.87. The highest BCUT2D eigenvalue weighted by Gasteiger charge is 2.33. The summed E-state index contributed by atoms with van der Waals surface area (Å²) in [6.07, 6.45) is -4.41. The van der Waals surface area contributed by atoms with Gasteiger partial charge in [-0.15, -0.1) is 0 Å². The predicted molar refractivity (Wildman–Crippen MR) is 88.6 cm³/mol. The van der Waals surface area contributed by atoms with E-state index in [4.69, 9.17) is 4.74 Å². The number of carbonyl (C=O) groups excluding carboxylic acids is 2. The van der Waals surface area contributed by atoms with Crippen molar-refractivity contribution in [1.82, 2.24) is 15.1 Å². The van der Waals surface area contributed by atoms with E-state index >= 15 is 0 Å². The van der Waals surface area contributed by atoms with Crippen LogP contribution in [0.3, 0.4) is 0 Å². The van der Waals surface area contributed by atoms with E-state index in [0.717, 1.165) is 12.1 Å². The highest BCUT2D eigenvalue weighted by Crippen LogP contribution is 2.31. The largest absolute Gasteiger partial charge is 0.492 e. The number of ether oxygens (including phenoxy) is 1. The lowest BCUT2D eigenvalue weighted by molar-refractivity contribution is -0.142. The standard InChI is InChI=1S/C17H22F3N3O3/c1-12(24)23-7-6-22(11-15(23)16(25)21-2)8-9-26-14-5-3-4-13(10-14)17(18,19)20/h3-5,10,15H,6-9,11H2,1-2H3,(H,21,25). The van der Waals surface area contributed by atoms with E-state index in [1.54, 1.807) is 0 Å². The van der Waals surface area contributed by atoms with Gasteiger partial charge < -0.3 is 15.0 Å². The molecule has 1 atom stereocenters. The number of amides is 2. The molecule has 0 aliphatic carbocycles. The minimum atomic E-state index is -4.41. The normalized spacial score (nSPS) is 18.5. The Morgan fingerprint density at radius 1 is 1.31 bits per heavy atom. The summed E-state index contributed by atoms with van der Waals surface area (Å²) in [5, 5.41) is 2.55. The molecule has 2 amide bonds. The van der Waals surface area contributed by atoms with E-state index < -0.39 is 17.8 Å². The zero-order chi connectivity index (χ0) is 19.3. The average molecular weight is 373 g/mol. The van der Waals surface area contributed by atoms with Crippen molar-refractivity contribution in [3.8, 4) is 5.75 Å². The molecule has 0 saturated carbocycles. The molecule has 0 bridgehead atoms. The van der Waals surface area contributed by atoms with Crippen LogP contribution in [0.15, 0.2) is 24.3 Å². The molecule has 1 saturated heterocycles. The molecule has 1 unspecified atom stereocenters. The summed E-state index contributed by atoms with van der Waals surface area (Å²) in [7, 11) is 1.51. The lowest BCUT2D eigenvalue weighted by Gasteiger charge is -2.39. The molecule has 26 heavy (non-hydrogen) atoms. The number of nitrogens with one attached hydrogen (secondary N) is 1. The topological polar surface area (TPSA) is 61.9 Å². The predicted octanol–water partition coefficient (Wildman–Crippen LogP) is 1.36. The van der Waals surface area contributed by atoms with Gasteiger partial charge in [0.25, 0.3) is 0 Å².